The summed E-state index contributed by atoms with van der Waals surface area (Å²) >= 11 is 0. The predicted octanol–water partition coefficient (Wildman–Crippen LogP) is 4.39. The minimum Gasteiger partial charge on any atom is -0.493 e. The van der Waals surface area contributed by atoms with Crippen LogP contribution in [0.4, 0.5) is 5.69 Å². The molecule has 1 unspecified atom stereocenters. The molecule has 4 rings (SSSR count). The van der Waals surface area contributed by atoms with Crippen LogP contribution >= 0.6 is 0 Å². The lowest BCUT2D eigenvalue weighted by atomic mass is 9.99. The summed E-state index contributed by atoms with van der Waals surface area (Å²) in [7, 11) is 3.17. The van der Waals surface area contributed by atoms with Crippen molar-refractivity contribution in [2.45, 2.75) is 19.4 Å². The molecule has 3 aromatic rings. The zero-order valence-corrected chi connectivity index (χ0v) is 18.9. The van der Waals surface area contributed by atoms with Gasteiger partial charge in [-0.3, -0.25) is 9.79 Å². The molecule has 1 aliphatic rings. The maximum Gasteiger partial charge on any atom is 0.252 e. The third-order valence-electron chi connectivity index (χ3n) is 5.73. The number of carbonyl (C=O) groups excluding carboxylic acids is 1. The van der Waals surface area contributed by atoms with E-state index in [2.05, 4.69) is 6.07 Å². The van der Waals surface area contributed by atoms with Crippen molar-refractivity contribution in [1.29, 1.82) is 5.26 Å². The number of anilines is 1. The van der Waals surface area contributed by atoms with Crippen LogP contribution in [0.2, 0.25) is 0 Å². The van der Waals surface area contributed by atoms with Crippen LogP contribution < -0.4 is 14.4 Å². The Bertz CT molecular complexity index is 1250. The normalized spacial score (nSPS) is 15.2. The molecule has 0 bridgehead atoms. The molecule has 1 aliphatic heterocycles. The third-order valence-corrected chi connectivity index (χ3v) is 5.73. The molecule has 6 heteroatoms. The van der Waals surface area contributed by atoms with Gasteiger partial charge in [-0.2, -0.15) is 5.26 Å². The first-order valence-corrected chi connectivity index (χ1v) is 10.8. The number of methoxy groups -OCH3 is 2. The summed E-state index contributed by atoms with van der Waals surface area (Å²) in [5, 5.41) is 9.28. The molecule has 0 radical (unpaired) electrons. The average molecular weight is 440 g/mol. The molecular formula is C27H25N3O3. The van der Waals surface area contributed by atoms with E-state index in [0.29, 0.717) is 30.0 Å². The van der Waals surface area contributed by atoms with Crippen LogP contribution in [0, 0.1) is 11.3 Å². The summed E-state index contributed by atoms with van der Waals surface area (Å²) < 4.78 is 11.1. The van der Waals surface area contributed by atoms with E-state index in [9.17, 15) is 10.1 Å². The number of ether oxygens (including phenoxy) is 2. The minimum absolute atomic E-state index is 0.0979. The van der Waals surface area contributed by atoms with Crippen LogP contribution in [-0.4, -0.2) is 38.4 Å². The predicted molar refractivity (Wildman–Crippen MR) is 128 cm³/mol. The fourth-order valence-corrected chi connectivity index (χ4v) is 4.14. The molecule has 0 saturated heterocycles. The highest BCUT2D eigenvalue weighted by Crippen LogP contribution is 2.38. The fraction of sp³-hybridized carbons (Fsp3) is 0.222. The van der Waals surface area contributed by atoms with Crippen LogP contribution in [0.3, 0.4) is 0 Å². The van der Waals surface area contributed by atoms with Gasteiger partial charge in [-0.25, -0.2) is 0 Å². The average Bonchev–Trinajstić information content (AvgIpc) is 2.97. The number of likely N-dealkylation sites (N-methyl/N-ethyl adjacent to an activating group) is 1. The van der Waals surface area contributed by atoms with Crippen LogP contribution in [0.15, 0.2) is 71.7 Å². The second-order valence-corrected chi connectivity index (χ2v) is 7.68. The number of nitrogens with zero attached hydrogens (tertiary/aromatic N) is 3. The quantitative estimate of drug-likeness (QED) is 0.571. The first kappa shape index (κ1) is 22.1. The first-order valence-electron chi connectivity index (χ1n) is 10.8. The number of benzene rings is 3. The van der Waals surface area contributed by atoms with E-state index < -0.39 is 6.04 Å². The van der Waals surface area contributed by atoms with Crippen molar-refractivity contribution in [1.82, 2.24) is 0 Å². The molecule has 0 aliphatic carbocycles. The smallest absolute Gasteiger partial charge is 0.252 e. The van der Waals surface area contributed by atoms with Gasteiger partial charge < -0.3 is 14.4 Å². The number of hydrogen-bond acceptors (Lipinski definition) is 5. The molecule has 0 spiro atoms. The van der Waals surface area contributed by atoms with Crippen molar-refractivity contribution in [2.24, 2.45) is 4.99 Å². The highest BCUT2D eigenvalue weighted by atomic mass is 16.5. The van der Waals surface area contributed by atoms with Crippen molar-refractivity contribution in [2.75, 3.05) is 25.7 Å². The van der Waals surface area contributed by atoms with E-state index in [-0.39, 0.29) is 5.91 Å². The van der Waals surface area contributed by atoms with Gasteiger partial charge >= 0.3 is 0 Å². The molecule has 1 amide bonds. The summed E-state index contributed by atoms with van der Waals surface area (Å²) in [5.41, 5.74) is 4.62. The molecule has 166 valence electrons. The van der Waals surface area contributed by atoms with Gasteiger partial charge in [-0.05, 0) is 30.7 Å². The van der Waals surface area contributed by atoms with Crippen molar-refractivity contribution in [3.63, 3.8) is 0 Å². The molecule has 6 nitrogen and oxygen atoms in total. The number of fused-ring (bicyclic) bond motifs is 1. The second-order valence-electron chi connectivity index (χ2n) is 7.68. The summed E-state index contributed by atoms with van der Waals surface area (Å²) in [6.07, 6.45) is 0.392. The second kappa shape index (κ2) is 9.58. The monoisotopic (exact) mass is 439 g/mol. The van der Waals surface area contributed by atoms with Gasteiger partial charge in [0.25, 0.3) is 5.91 Å². The van der Waals surface area contributed by atoms with E-state index in [0.717, 1.165) is 28.1 Å². The Morgan fingerprint density at radius 2 is 1.73 bits per heavy atom. The summed E-state index contributed by atoms with van der Waals surface area (Å²) in [5.74, 6) is 1.03. The Morgan fingerprint density at radius 3 is 2.39 bits per heavy atom. The lowest BCUT2D eigenvalue weighted by Gasteiger charge is -2.25. The summed E-state index contributed by atoms with van der Waals surface area (Å²) in [6.45, 7) is 2.42. The zero-order chi connectivity index (χ0) is 23.4. The van der Waals surface area contributed by atoms with E-state index >= 15 is 0 Å². The molecule has 3 aromatic carbocycles. The number of rotatable bonds is 6. The lowest BCUT2D eigenvalue weighted by molar-refractivity contribution is -0.119. The van der Waals surface area contributed by atoms with Crippen molar-refractivity contribution < 1.29 is 14.3 Å². The fourth-order valence-electron chi connectivity index (χ4n) is 4.14. The lowest BCUT2D eigenvalue weighted by Crippen LogP contribution is -2.38. The molecule has 0 aromatic heterocycles. The number of aliphatic imine (C=N–C) groups is 1. The first-order chi connectivity index (χ1) is 16.1. The van der Waals surface area contributed by atoms with Crippen molar-refractivity contribution in [3.05, 3.63) is 89.0 Å². The summed E-state index contributed by atoms with van der Waals surface area (Å²) in [6, 6.07) is 22.4. The maximum atomic E-state index is 13.7. The zero-order valence-electron chi connectivity index (χ0n) is 18.9. The SMILES string of the molecule is CCN1C(=O)C(Cc2cccc(C#N)c2)N=C(c2ccccc2)c2cc(OC)c(OC)cc21. The largest absolute Gasteiger partial charge is 0.493 e. The number of benzodiazepines with no additional fused rings is 1. The molecule has 0 N–H and O–H groups in total. The number of hydrogen-bond donors (Lipinski definition) is 0. The Hall–Kier alpha value is -4.11. The molecule has 1 atom stereocenters. The molecular weight excluding hydrogens is 414 g/mol. The summed E-state index contributed by atoms with van der Waals surface area (Å²) in [4.78, 5) is 20.5. The van der Waals surface area contributed by atoms with Gasteiger partial charge in [0.2, 0.25) is 0 Å². The van der Waals surface area contributed by atoms with E-state index in [1.165, 1.54) is 0 Å². The van der Waals surface area contributed by atoms with Gasteiger partial charge in [0.05, 0.1) is 37.3 Å². The van der Waals surface area contributed by atoms with Crippen molar-refractivity contribution >= 4 is 17.3 Å². The Balaban J connectivity index is 1.92. The van der Waals surface area contributed by atoms with Gasteiger partial charge in [-0.15, -0.1) is 0 Å². The van der Waals surface area contributed by atoms with Gasteiger partial charge in [0.15, 0.2) is 11.5 Å². The van der Waals surface area contributed by atoms with Gasteiger partial charge in [0.1, 0.15) is 6.04 Å². The number of carbonyl (C=O) groups is 1. The van der Waals surface area contributed by atoms with E-state index in [4.69, 9.17) is 14.5 Å². The van der Waals surface area contributed by atoms with Crippen LogP contribution in [0.5, 0.6) is 11.5 Å². The molecule has 0 fully saturated rings. The molecule has 1 heterocycles. The molecule has 33 heavy (non-hydrogen) atoms. The van der Waals surface area contributed by atoms with Crippen molar-refractivity contribution in [3.8, 4) is 17.6 Å². The standard InChI is InChI=1S/C27H25N3O3/c1-4-30-23-16-25(33-3)24(32-2)15-21(23)26(20-11-6-5-7-12-20)29-22(27(30)31)14-18-9-8-10-19(13-18)17-28/h5-13,15-16,22H,4,14H2,1-3H3. The van der Waals surface area contributed by atoms with Crippen LogP contribution in [0.1, 0.15) is 29.2 Å². The number of amides is 1. The van der Waals surface area contributed by atoms with Crippen LogP contribution in [0.25, 0.3) is 0 Å². The number of nitriles is 1. The van der Waals surface area contributed by atoms with Gasteiger partial charge in [0, 0.05) is 30.2 Å². The molecule has 0 saturated carbocycles. The Labute approximate surface area is 193 Å². The highest BCUT2D eigenvalue weighted by molar-refractivity contribution is 6.20. The topological polar surface area (TPSA) is 74.9 Å². The Kier molecular flexibility index (Phi) is 6.41. The Morgan fingerprint density at radius 1 is 1.00 bits per heavy atom. The van der Waals surface area contributed by atoms with Gasteiger partial charge in [-0.1, -0.05) is 42.5 Å². The van der Waals surface area contributed by atoms with E-state index in [1.54, 1.807) is 25.2 Å². The third kappa shape index (κ3) is 4.31. The minimum atomic E-state index is -0.640. The maximum absolute atomic E-state index is 13.7. The van der Waals surface area contributed by atoms with E-state index in [1.807, 2.05) is 67.6 Å². The van der Waals surface area contributed by atoms with Crippen LogP contribution in [-0.2, 0) is 11.2 Å². The highest BCUT2D eigenvalue weighted by Gasteiger charge is 2.32.